The molecule has 3 heteroatoms. The Labute approximate surface area is 366 Å². The lowest BCUT2D eigenvalue weighted by molar-refractivity contribution is 0.670. The summed E-state index contributed by atoms with van der Waals surface area (Å²) >= 11 is 0. The highest BCUT2D eigenvalue weighted by Gasteiger charge is 2.40. The molecule has 0 saturated carbocycles. The van der Waals surface area contributed by atoms with Gasteiger partial charge < -0.3 is 4.42 Å². The van der Waals surface area contributed by atoms with Crippen LogP contribution in [0.4, 0.5) is 0 Å². The summed E-state index contributed by atoms with van der Waals surface area (Å²) in [6, 6.07) is 80.0. The molecule has 0 radical (unpaired) electrons. The number of hydrogen-bond donors (Lipinski definition) is 0. The van der Waals surface area contributed by atoms with Crippen molar-refractivity contribution in [3.63, 3.8) is 0 Å². The fraction of sp³-hybridized carbons (Fsp3) is 0.0333. The van der Waals surface area contributed by atoms with Gasteiger partial charge in [0, 0.05) is 38.4 Å². The summed E-state index contributed by atoms with van der Waals surface area (Å²) in [5.41, 5.74) is 19.2. The van der Waals surface area contributed by atoms with Crippen molar-refractivity contribution in [3.05, 3.63) is 241 Å². The molecule has 1 unspecified atom stereocenters. The Bertz CT molecular complexity index is 3520. The fourth-order valence-corrected chi connectivity index (χ4v) is 9.78. The molecule has 0 amide bonds. The normalized spacial score (nSPS) is 14.2. The zero-order chi connectivity index (χ0) is 41.9. The van der Waals surface area contributed by atoms with Crippen LogP contribution in [0.2, 0.25) is 0 Å². The minimum absolute atomic E-state index is 0.283. The Morgan fingerprint density at radius 1 is 0.349 bits per heavy atom. The topological polar surface area (TPSA) is 38.9 Å². The number of nitrogens with zero attached hydrogens (tertiary/aromatic N) is 2. The van der Waals surface area contributed by atoms with E-state index >= 15 is 0 Å². The highest BCUT2D eigenvalue weighted by molar-refractivity contribution is 6.10. The van der Waals surface area contributed by atoms with Gasteiger partial charge in [-0.1, -0.05) is 182 Å². The van der Waals surface area contributed by atoms with Gasteiger partial charge in [-0.05, 0) is 105 Å². The molecule has 1 aliphatic rings. The first-order valence-corrected chi connectivity index (χ1v) is 21.6. The lowest BCUT2D eigenvalue weighted by atomic mass is 9.74. The number of rotatable bonds is 7. The average molecular weight is 805 g/mol. The van der Waals surface area contributed by atoms with E-state index in [9.17, 15) is 0 Å². The standard InChI is InChI=1S/C60H40N2O/c1-60(47-23-9-4-10-24-47)53-29-13-11-25-49(53)52-37-43(31-32-54(52)60)55-38-56(62-59(61-55)40-19-7-3-8-20-40)46-35-44(42-22-15-21-41(33-42)39-17-5-2-6-18-39)34-45(36-46)48-27-16-28-51-50-26-12-14-30-57(50)63-58(48)51/h2-38H,1H3. The summed E-state index contributed by atoms with van der Waals surface area (Å²) in [6.07, 6.45) is 0. The van der Waals surface area contributed by atoms with Crippen LogP contribution in [0.5, 0.6) is 0 Å². The molecule has 0 aliphatic heterocycles. The van der Waals surface area contributed by atoms with Crippen LogP contribution in [0.1, 0.15) is 23.6 Å². The molecule has 2 heterocycles. The molecule has 2 aromatic heterocycles. The predicted molar refractivity (Wildman–Crippen MR) is 259 cm³/mol. The molecule has 11 aromatic rings. The van der Waals surface area contributed by atoms with Crippen molar-refractivity contribution >= 4 is 21.9 Å². The van der Waals surface area contributed by atoms with Gasteiger partial charge in [0.1, 0.15) is 11.2 Å². The van der Waals surface area contributed by atoms with Crippen molar-refractivity contribution in [1.29, 1.82) is 0 Å². The van der Waals surface area contributed by atoms with Gasteiger partial charge in [0.25, 0.3) is 0 Å². The van der Waals surface area contributed by atoms with E-state index in [4.69, 9.17) is 14.4 Å². The second-order valence-electron chi connectivity index (χ2n) is 16.7. The van der Waals surface area contributed by atoms with E-state index in [-0.39, 0.29) is 5.41 Å². The Kier molecular flexibility index (Phi) is 8.62. The summed E-state index contributed by atoms with van der Waals surface area (Å²) in [5.74, 6) is 0.676. The molecule has 0 N–H and O–H groups in total. The largest absolute Gasteiger partial charge is 0.455 e. The third kappa shape index (κ3) is 6.20. The molecular weight excluding hydrogens is 765 g/mol. The number of para-hydroxylation sites is 2. The zero-order valence-electron chi connectivity index (χ0n) is 34.7. The average Bonchev–Trinajstić information content (AvgIpc) is 3.87. The molecule has 12 rings (SSSR count). The molecule has 0 saturated heterocycles. The van der Waals surface area contributed by atoms with Crippen LogP contribution in [0.25, 0.3) is 100 Å². The van der Waals surface area contributed by atoms with Crippen LogP contribution in [0, 0.1) is 0 Å². The Hall–Kier alpha value is -8.14. The third-order valence-corrected chi connectivity index (χ3v) is 13.0. The van der Waals surface area contributed by atoms with Crippen molar-refractivity contribution in [1.82, 2.24) is 9.97 Å². The highest BCUT2D eigenvalue weighted by atomic mass is 16.3. The molecule has 296 valence electrons. The smallest absolute Gasteiger partial charge is 0.160 e. The second-order valence-corrected chi connectivity index (χ2v) is 16.7. The maximum atomic E-state index is 6.64. The maximum Gasteiger partial charge on any atom is 0.160 e. The van der Waals surface area contributed by atoms with Crippen LogP contribution < -0.4 is 0 Å². The van der Waals surface area contributed by atoms with E-state index in [1.807, 2.05) is 30.3 Å². The molecule has 3 nitrogen and oxygen atoms in total. The molecule has 0 spiro atoms. The number of benzene rings is 9. The van der Waals surface area contributed by atoms with Crippen molar-refractivity contribution in [2.24, 2.45) is 0 Å². The monoisotopic (exact) mass is 804 g/mol. The van der Waals surface area contributed by atoms with Crippen molar-refractivity contribution < 1.29 is 4.42 Å². The Morgan fingerprint density at radius 2 is 0.905 bits per heavy atom. The number of hydrogen-bond acceptors (Lipinski definition) is 3. The van der Waals surface area contributed by atoms with Gasteiger partial charge in [0.2, 0.25) is 0 Å². The van der Waals surface area contributed by atoms with Gasteiger partial charge in [-0.25, -0.2) is 9.97 Å². The molecule has 1 atom stereocenters. The van der Waals surface area contributed by atoms with Crippen LogP contribution >= 0.6 is 0 Å². The lowest BCUT2D eigenvalue weighted by Crippen LogP contribution is -2.22. The second kappa shape index (κ2) is 14.8. The zero-order valence-corrected chi connectivity index (χ0v) is 34.7. The first kappa shape index (κ1) is 36.7. The molecule has 0 bridgehead atoms. The van der Waals surface area contributed by atoms with Crippen LogP contribution in [-0.2, 0) is 5.41 Å². The predicted octanol–water partition coefficient (Wildman–Crippen LogP) is 15.7. The highest BCUT2D eigenvalue weighted by Crippen LogP contribution is 2.53. The van der Waals surface area contributed by atoms with Gasteiger partial charge in [0.15, 0.2) is 5.82 Å². The van der Waals surface area contributed by atoms with Crippen LogP contribution in [0.3, 0.4) is 0 Å². The van der Waals surface area contributed by atoms with Gasteiger partial charge in [-0.2, -0.15) is 0 Å². The van der Waals surface area contributed by atoms with Crippen molar-refractivity contribution in [3.8, 4) is 78.4 Å². The minimum Gasteiger partial charge on any atom is -0.455 e. The Morgan fingerprint density at radius 3 is 1.71 bits per heavy atom. The summed E-state index contributed by atoms with van der Waals surface area (Å²) in [7, 11) is 0. The quantitative estimate of drug-likeness (QED) is 0.161. The van der Waals surface area contributed by atoms with E-state index in [1.54, 1.807) is 0 Å². The SMILES string of the molecule is CC1(c2ccccc2)c2ccccc2-c2cc(-c3cc(-c4cc(-c5cccc(-c6ccccc6)c5)cc(-c5cccc6c5oc5ccccc56)c4)nc(-c4ccccc4)n3)ccc21. The van der Waals surface area contributed by atoms with E-state index in [0.29, 0.717) is 5.82 Å². The molecular formula is C60H40N2O. The first-order chi connectivity index (χ1) is 31.1. The van der Waals surface area contributed by atoms with E-state index in [2.05, 4.69) is 201 Å². The minimum atomic E-state index is -0.283. The van der Waals surface area contributed by atoms with Gasteiger partial charge in [0.05, 0.1) is 11.4 Å². The molecule has 0 fully saturated rings. The van der Waals surface area contributed by atoms with E-state index < -0.39 is 0 Å². The van der Waals surface area contributed by atoms with Gasteiger partial charge in [-0.3, -0.25) is 0 Å². The lowest BCUT2D eigenvalue weighted by Gasteiger charge is -2.28. The van der Waals surface area contributed by atoms with E-state index in [0.717, 1.165) is 77.8 Å². The van der Waals surface area contributed by atoms with Crippen LogP contribution in [-0.4, -0.2) is 9.97 Å². The Balaban J connectivity index is 1.07. The molecule has 63 heavy (non-hydrogen) atoms. The molecule has 9 aromatic carbocycles. The number of furan rings is 1. The maximum absolute atomic E-state index is 6.64. The summed E-state index contributed by atoms with van der Waals surface area (Å²) in [5, 5.41) is 2.20. The summed E-state index contributed by atoms with van der Waals surface area (Å²) < 4.78 is 6.64. The van der Waals surface area contributed by atoms with E-state index in [1.165, 1.54) is 33.4 Å². The third-order valence-electron chi connectivity index (χ3n) is 13.0. The van der Waals surface area contributed by atoms with Gasteiger partial charge >= 0.3 is 0 Å². The summed E-state index contributed by atoms with van der Waals surface area (Å²) in [6.45, 7) is 2.36. The first-order valence-electron chi connectivity index (χ1n) is 21.6. The van der Waals surface area contributed by atoms with Crippen molar-refractivity contribution in [2.45, 2.75) is 12.3 Å². The molecule has 1 aliphatic carbocycles. The number of aromatic nitrogens is 2. The van der Waals surface area contributed by atoms with Crippen molar-refractivity contribution in [2.75, 3.05) is 0 Å². The van der Waals surface area contributed by atoms with Crippen LogP contribution in [0.15, 0.2) is 229 Å². The number of fused-ring (bicyclic) bond motifs is 6. The van der Waals surface area contributed by atoms with Gasteiger partial charge in [-0.15, -0.1) is 0 Å². The summed E-state index contributed by atoms with van der Waals surface area (Å²) in [4.78, 5) is 10.7. The fourth-order valence-electron chi connectivity index (χ4n) is 9.78.